The molecule has 2 nitrogen and oxygen atoms in total. The number of fused-ring (bicyclic) bond motifs is 4. The Morgan fingerprint density at radius 3 is 2.48 bits per heavy atom. The molecule has 31 heavy (non-hydrogen) atoms. The zero-order valence-corrected chi connectivity index (χ0v) is 19.3. The molecule has 0 aliphatic rings. The minimum absolute atomic E-state index is 0.630. The van der Waals surface area contributed by atoms with E-state index in [0.717, 1.165) is 36.9 Å². The molecule has 0 aliphatic carbocycles. The summed E-state index contributed by atoms with van der Waals surface area (Å²) in [6.07, 6.45) is 0. The standard InChI is InChI=1S/C26H14BrClN2S/c27-18-11-12-21(28)20(14-18)26-29-23(17-10-9-15-5-1-2-6-16(15)13-17)25-24(30-26)19-7-3-4-8-22(19)31-25/h1-14H. The van der Waals surface area contributed by atoms with Crippen LogP contribution in [0, 0.1) is 0 Å². The maximum atomic E-state index is 6.55. The van der Waals surface area contributed by atoms with E-state index in [9.17, 15) is 0 Å². The van der Waals surface area contributed by atoms with Crippen molar-refractivity contribution in [3.05, 3.63) is 94.4 Å². The van der Waals surface area contributed by atoms with Gasteiger partial charge in [-0.15, -0.1) is 11.3 Å². The van der Waals surface area contributed by atoms with Gasteiger partial charge in [-0.05, 0) is 41.1 Å². The molecular formula is C26H14BrClN2S. The van der Waals surface area contributed by atoms with Crippen LogP contribution >= 0.6 is 38.9 Å². The molecule has 0 unspecified atom stereocenters. The van der Waals surface area contributed by atoms with E-state index in [1.54, 1.807) is 11.3 Å². The van der Waals surface area contributed by atoms with Gasteiger partial charge in [-0.1, -0.05) is 82.1 Å². The molecule has 0 saturated heterocycles. The molecule has 6 rings (SSSR count). The van der Waals surface area contributed by atoms with Crippen molar-refractivity contribution >= 4 is 69.9 Å². The van der Waals surface area contributed by atoms with Crippen LogP contribution in [0.25, 0.3) is 53.7 Å². The van der Waals surface area contributed by atoms with Gasteiger partial charge in [0.05, 0.1) is 20.9 Å². The van der Waals surface area contributed by atoms with Crippen molar-refractivity contribution in [2.75, 3.05) is 0 Å². The largest absolute Gasteiger partial charge is 0.226 e. The Morgan fingerprint density at radius 2 is 1.58 bits per heavy atom. The van der Waals surface area contributed by atoms with Crippen LogP contribution in [0.1, 0.15) is 0 Å². The van der Waals surface area contributed by atoms with Gasteiger partial charge in [-0.25, -0.2) is 9.97 Å². The Kier molecular flexibility index (Phi) is 4.53. The lowest BCUT2D eigenvalue weighted by molar-refractivity contribution is 1.24. The van der Waals surface area contributed by atoms with Crippen LogP contribution in [0.2, 0.25) is 5.02 Å². The highest BCUT2D eigenvalue weighted by Crippen LogP contribution is 2.40. The Hall–Kier alpha value is -2.79. The first kappa shape index (κ1) is 18.9. The lowest BCUT2D eigenvalue weighted by Gasteiger charge is -2.09. The molecule has 2 aromatic heterocycles. The van der Waals surface area contributed by atoms with Crippen LogP contribution in [-0.4, -0.2) is 9.97 Å². The summed E-state index contributed by atoms with van der Waals surface area (Å²) in [7, 11) is 0. The monoisotopic (exact) mass is 500 g/mol. The molecule has 5 heteroatoms. The number of thiophene rings is 1. The highest BCUT2D eigenvalue weighted by atomic mass is 79.9. The van der Waals surface area contributed by atoms with Crippen LogP contribution in [0.5, 0.6) is 0 Å². The Morgan fingerprint density at radius 1 is 0.774 bits per heavy atom. The van der Waals surface area contributed by atoms with Gasteiger partial charge in [0.15, 0.2) is 5.82 Å². The SMILES string of the molecule is Clc1ccc(Br)cc1-c1nc(-c2ccc3ccccc3c2)c2sc3ccccc3c2n1. The quantitative estimate of drug-likeness (QED) is 0.237. The first-order chi connectivity index (χ1) is 15.2. The molecule has 0 amide bonds. The third-order valence-corrected chi connectivity index (χ3v) is 7.40. The number of benzene rings is 4. The van der Waals surface area contributed by atoms with Crippen LogP contribution in [-0.2, 0) is 0 Å². The molecule has 0 fully saturated rings. The average Bonchev–Trinajstić information content (AvgIpc) is 3.18. The predicted octanol–water partition coefficient (Wildman–Crippen LogP) is 8.75. The van der Waals surface area contributed by atoms with E-state index in [2.05, 4.69) is 82.7 Å². The summed E-state index contributed by atoms with van der Waals surface area (Å²) in [6, 6.07) is 29.0. The molecule has 0 radical (unpaired) electrons. The topological polar surface area (TPSA) is 25.8 Å². The summed E-state index contributed by atoms with van der Waals surface area (Å²) >= 11 is 11.8. The van der Waals surface area contributed by atoms with Gasteiger partial charge in [0, 0.05) is 25.7 Å². The molecule has 0 atom stereocenters. The van der Waals surface area contributed by atoms with Gasteiger partial charge in [0.25, 0.3) is 0 Å². The fourth-order valence-electron chi connectivity index (χ4n) is 3.91. The van der Waals surface area contributed by atoms with E-state index in [1.807, 2.05) is 18.2 Å². The first-order valence-electron chi connectivity index (χ1n) is 9.81. The summed E-state index contributed by atoms with van der Waals surface area (Å²) in [5.74, 6) is 0.630. The number of hydrogen-bond donors (Lipinski definition) is 0. The second-order valence-electron chi connectivity index (χ2n) is 7.36. The molecule has 148 valence electrons. The molecule has 2 heterocycles. The normalized spacial score (nSPS) is 11.5. The average molecular weight is 502 g/mol. The summed E-state index contributed by atoms with van der Waals surface area (Å²) in [4.78, 5) is 10.0. The lowest BCUT2D eigenvalue weighted by atomic mass is 10.0. The zero-order valence-electron chi connectivity index (χ0n) is 16.1. The van der Waals surface area contributed by atoms with Crippen molar-refractivity contribution in [2.24, 2.45) is 0 Å². The van der Waals surface area contributed by atoms with Gasteiger partial charge in [0.2, 0.25) is 0 Å². The molecule has 0 bridgehead atoms. The van der Waals surface area contributed by atoms with Crippen molar-refractivity contribution < 1.29 is 0 Å². The molecule has 0 aliphatic heterocycles. The predicted molar refractivity (Wildman–Crippen MR) is 136 cm³/mol. The van der Waals surface area contributed by atoms with E-state index in [0.29, 0.717) is 10.8 Å². The van der Waals surface area contributed by atoms with E-state index >= 15 is 0 Å². The zero-order chi connectivity index (χ0) is 20.9. The lowest BCUT2D eigenvalue weighted by Crippen LogP contribution is -1.94. The smallest absolute Gasteiger partial charge is 0.162 e. The number of halogens is 2. The van der Waals surface area contributed by atoms with Crippen LogP contribution in [0.4, 0.5) is 0 Å². The van der Waals surface area contributed by atoms with Gasteiger partial charge in [-0.3, -0.25) is 0 Å². The third kappa shape index (κ3) is 3.23. The van der Waals surface area contributed by atoms with Crippen LogP contribution < -0.4 is 0 Å². The first-order valence-corrected chi connectivity index (χ1v) is 11.8. The Bertz CT molecular complexity index is 1620. The highest BCUT2D eigenvalue weighted by molar-refractivity contribution is 9.10. The summed E-state index contributed by atoms with van der Waals surface area (Å²) in [5, 5.41) is 4.17. The molecular weight excluding hydrogens is 488 g/mol. The Balaban J connectivity index is 1.71. The van der Waals surface area contributed by atoms with Crippen molar-refractivity contribution in [2.45, 2.75) is 0 Å². The van der Waals surface area contributed by atoms with Gasteiger partial charge in [0.1, 0.15) is 0 Å². The third-order valence-electron chi connectivity index (χ3n) is 5.41. The number of nitrogens with zero attached hydrogens (tertiary/aromatic N) is 2. The van der Waals surface area contributed by atoms with Crippen molar-refractivity contribution in [3.8, 4) is 22.6 Å². The molecule has 6 aromatic rings. The minimum Gasteiger partial charge on any atom is -0.226 e. The number of hydrogen-bond acceptors (Lipinski definition) is 3. The molecule has 0 saturated carbocycles. The van der Waals surface area contributed by atoms with Crippen LogP contribution in [0.15, 0.2) is 89.4 Å². The minimum atomic E-state index is 0.630. The second kappa shape index (κ2) is 7.41. The fourth-order valence-corrected chi connectivity index (χ4v) is 5.63. The van der Waals surface area contributed by atoms with Crippen molar-refractivity contribution in [1.29, 1.82) is 0 Å². The molecule has 0 spiro atoms. The van der Waals surface area contributed by atoms with E-state index < -0.39 is 0 Å². The van der Waals surface area contributed by atoms with Gasteiger partial charge >= 0.3 is 0 Å². The maximum Gasteiger partial charge on any atom is 0.162 e. The van der Waals surface area contributed by atoms with Crippen LogP contribution in [0.3, 0.4) is 0 Å². The number of aromatic nitrogens is 2. The van der Waals surface area contributed by atoms with E-state index in [1.165, 1.54) is 15.5 Å². The van der Waals surface area contributed by atoms with Gasteiger partial charge < -0.3 is 0 Å². The van der Waals surface area contributed by atoms with E-state index in [-0.39, 0.29) is 0 Å². The van der Waals surface area contributed by atoms with Crippen molar-refractivity contribution in [3.63, 3.8) is 0 Å². The number of rotatable bonds is 2. The molecule has 0 N–H and O–H groups in total. The maximum absolute atomic E-state index is 6.55. The summed E-state index contributed by atoms with van der Waals surface area (Å²) < 4.78 is 3.23. The highest BCUT2D eigenvalue weighted by Gasteiger charge is 2.18. The fraction of sp³-hybridized carbons (Fsp3) is 0. The van der Waals surface area contributed by atoms with E-state index in [4.69, 9.17) is 21.6 Å². The summed E-state index contributed by atoms with van der Waals surface area (Å²) in [6.45, 7) is 0. The van der Waals surface area contributed by atoms with Gasteiger partial charge in [-0.2, -0.15) is 0 Å². The molecule has 4 aromatic carbocycles. The Labute approximate surface area is 196 Å². The summed E-state index contributed by atoms with van der Waals surface area (Å²) in [5.41, 5.74) is 3.79. The second-order valence-corrected chi connectivity index (χ2v) is 9.73. The van der Waals surface area contributed by atoms with Crippen molar-refractivity contribution in [1.82, 2.24) is 9.97 Å².